The third-order valence-electron chi connectivity index (χ3n) is 5.15. The molecule has 144 valence electrons. The van der Waals surface area contributed by atoms with Crippen molar-refractivity contribution in [2.75, 3.05) is 13.1 Å². The third kappa shape index (κ3) is 3.64. The standard InChI is InChI=1S/C20H21F2N3O.ClH/c21-9-13(10-23)11-24-12-18-17(6-7-25(20(18)26)16-4-5-16)19(24)14-2-1-3-15(22)8-14;/h1-3,8-9,12,16H,4-7,10-11,23H2;1H. The molecule has 7 heteroatoms. The summed E-state index contributed by atoms with van der Waals surface area (Å²) < 4.78 is 28.7. The highest BCUT2D eigenvalue weighted by molar-refractivity contribution is 5.99. The van der Waals surface area contributed by atoms with Crippen LogP contribution in [0, 0.1) is 5.82 Å². The van der Waals surface area contributed by atoms with Crippen LogP contribution in [0.3, 0.4) is 0 Å². The van der Waals surface area contributed by atoms with E-state index in [0.29, 0.717) is 42.0 Å². The lowest BCUT2D eigenvalue weighted by atomic mass is 9.98. The molecule has 1 amide bonds. The number of amides is 1. The number of carbonyl (C=O) groups is 1. The summed E-state index contributed by atoms with van der Waals surface area (Å²) in [4.78, 5) is 14.8. The Kier molecular flexibility index (Phi) is 5.67. The molecule has 0 atom stereocenters. The average molecular weight is 394 g/mol. The van der Waals surface area contributed by atoms with Gasteiger partial charge < -0.3 is 15.2 Å². The van der Waals surface area contributed by atoms with Crippen LogP contribution in [0.5, 0.6) is 0 Å². The minimum absolute atomic E-state index is 0. The second-order valence-electron chi connectivity index (χ2n) is 6.96. The van der Waals surface area contributed by atoms with Crippen molar-refractivity contribution in [2.24, 2.45) is 5.73 Å². The Hall–Kier alpha value is -2.18. The molecule has 0 saturated heterocycles. The van der Waals surface area contributed by atoms with Gasteiger partial charge in [-0.1, -0.05) is 12.1 Å². The SMILES string of the molecule is Cl.NCC(=CF)Cn1cc2c(c1-c1cccc(F)c1)CCN(C1CC1)C2=O. The molecule has 1 aromatic carbocycles. The number of benzene rings is 1. The highest BCUT2D eigenvalue weighted by atomic mass is 35.5. The lowest BCUT2D eigenvalue weighted by Crippen LogP contribution is -2.38. The van der Waals surface area contributed by atoms with Gasteiger partial charge in [0, 0.05) is 37.4 Å². The van der Waals surface area contributed by atoms with Gasteiger partial charge in [-0.25, -0.2) is 8.78 Å². The number of hydrogen-bond donors (Lipinski definition) is 1. The minimum Gasteiger partial charge on any atom is -0.342 e. The van der Waals surface area contributed by atoms with Crippen molar-refractivity contribution >= 4 is 18.3 Å². The van der Waals surface area contributed by atoms with Gasteiger partial charge in [0.25, 0.3) is 5.91 Å². The zero-order valence-electron chi connectivity index (χ0n) is 14.8. The zero-order chi connectivity index (χ0) is 18.3. The molecule has 2 aromatic rings. The fourth-order valence-electron chi connectivity index (χ4n) is 3.72. The van der Waals surface area contributed by atoms with E-state index < -0.39 is 0 Å². The largest absolute Gasteiger partial charge is 0.342 e. The summed E-state index contributed by atoms with van der Waals surface area (Å²) in [6.45, 7) is 0.998. The maximum absolute atomic E-state index is 13.8. The molecule has 1 saturated carbocycles. The quantitative estimate of drug-likeness (QED) is 0.842. The fourth-order valence-corrected chi connectivity index (χ4v) is 3.72. The van der Waals surface area contributed by atoms with Crippen molar-refractivity contribution in [3.05, 3.63) is 59.3 Å². The van der Waals surface area contributed by atoms with E-state index in [4.69, 9.17) is 5.73 Å². The normalized spacial score (nSPS) is 16.9. The molecule has 0 radical (unpaired) electrons. The van der Waals surface area contributed by atoms with Gasteiger partial charge in [0.15, 0.2) is 0 Å². The minimum atomic E-state index is -0.342. The Bertz CT molecular complexity index is 889. The maximum Gasteiger partial charge on any atom is 0.255 e. The highest BCUT2D eigenvalue weighted by Crippen LogP contribution is 2.37. The predicted molar refractivity (Wildman–Crippen MR) is 103 cm³/mol. The van der Waals surface area contributed by atoms with Gasteiger partial charge in [-0.15, -0.1) is 12.4 Å². The van der Waals surface area contributed by atoms with Gasteiger partial charge in [0.05, 0.1) is 17.6 Å². The summed E-state index contributed by atoms with van der Waals surface area (Å²) in [6.07, 6.45) is 5.10. The van der Waals surface area contributed by atoms with Gasteiger partial charge >= 0.3 is 0 Å². The van der Waals surface area contributed by atoms with E-state index >= 15 is 0 Å². The monoisotopic (exact) mass is 393 g/mol. The molecule has 2 aliphatic rings. The van der Waals surface area contributed by atoms with E-state index in [2.05, 4.69) is 0 Å². The number of fused-ring (bicyclic) bond motifs is 1. The van der Waals surface area contributed by atoms with Crippen molar-refractivity contribution in [3.8, 4) is 11.3 Å². The number of nitrogens with two attached hydrogens (primary N) is 1. The molecule has 1 aliphatic carbocycles. The van der Waals surface area contributed by atoms with Crippen LogP contribution in [0.4, 0.5) is 8.78 Å². The van der Waals surface area contributed by atoms with Gasteiger partial charge in [0.2, 0.25) is 0 Å². The second-order valence-corrected chi connectivity index (χ2v) is 6.96. The van der Waals surface area contributed by atoms with Crippen LogP contribution in [0.25, 0.3) is 11.3 Å². The fraction of sp³-hybridized carbons (Fsp3) is 0.350. The smallest absolute Gasteiger partial charge is 0.255 e. The molecule has 27 heavy (non-hydrogen) atoms. The molecule has 0 unspecified atom stereocenters. The number of hydrogen-bond acceptors (Lipinski definition) is 2. The molecule has 2 heterocycles. The van der Waals surface area contributed by atoms with E-state index in [1.165, 1.54) is 12.1 Å². The van der Waals surface area contributed by atoms with E-state index in [1.54, 1.807) is 12.3 Å². The Labute approximate surface area is 163 Å². The Morgan fingerprint density at radius 2 is 2.11 bits per heavy atom. The van der Waals surface area contributed by atoms with E-state index in [-0.39, 0.29) is 37.2 Å². The number of halogens is 3. The lowest BCUT2D eigenvalue weighted by Gasteiger charge is -2.27. The number of aromatic nitrogens is 1. The molecular formula is C20H22ClF2N3O. The van der Waals surface area contributed by atoms with E-state index in [9.17, 15) is 13.6 Å². The van der Waals surface area contributed by atoms with Crippen molar-refractivity contribution in [2.45, 2.75) is 31.8 Å². The number of nitrogens with zero attached hydrogens (tertiary/aromatic N) is 2. The van der Waals surface area contributed by atoms with Crippen LogP contribution in [-0.2, 0) is 13.0 Å². The first-order valence-electron chi connectivity index (χ1n) is 8.89. The van der Waals surface area contributed by atoms with Gasteiger partial charge in [-0.2, -0.15) is 0 Å². The molecule has 4 nitrogen and oxygen atoms in total. The Balaban J connectivity index is 0.00000210. The second kappa shape index (κ2) is 7.82. The summed E-state index contributed by atoms with van der Waals surface area (Å²) in [6, 6.07) is 6.64. The number of rotatable bonds is 5. The lowest BCUT2D eigenvalue weighted by molar-refractivity contribution is 0.0728. The molecule has 4 rings (SSSR count). The van der Waals surface area contributed by atoms with Crippen LogP contribution in [0.2, 0.25) is 0 Å². The summed E-state index contributed by atoms with van der Waals surface area (Å²) in [5, 5.41) is 0. The first-order valence-corrected chi connectivity index (χ1v) is 8.89. The van der Waals surface area contributed by atoms with Crippen molar-refractivity contribution < 1.29 is 13.6 Å². The highest BCUT2D eigenvalue weighted by Gasteiger charge is 2.38. The van der Waals surface area contributed by atoms with Crippen molar-refractivity contribution in [1.82, 2.24) is 9.47 Å². The van der Waals surface area contributed by atoms with Crippen molar-refractivity contribution in [3.63, 3.8) is 0 Å². The topological polar surface area (TPSA) is 51.3 Å². The predicted octanol–water partition coefficient (Wildman–Crippen LogP) is 3.69. The zero-order valence-corrected chi connectivity index (χ0v) is 15.6. The van der Waals surface area contributed by atoms with Gasteiger partial charge in [-0.05, 0) is 42.5 Å². The van der Waals surface area contributed by atoms with Gasteiger partial charge in [-0.3, -0.25) is 4.79 Å². The summed E-state index contributed by atoms with van der Waals surface area (Å²) >= 11 is 0. The van der Waals surface area contributed by atoms with E-state index in [0.717, 1.165) is 24.1 Å². The van der Waals surface area contributed by atoms with Gasteiger partial charge in [0.1, 0.15) is 5.82 Å². The van der Waals surface area contributed by atoms with E-state index in [1.807, 2.05) is 15.5 Å². The molecule has 1 aliphatic heterocycles. The molecule has 1 aromatic heterocycles. The Morgan fingerprint density at radius 3 is 2.74 bits per heavy atom. The molecule has 1 fully saturated rings. The average Bonchev–Trinajstić information content (AvgIpc) is 3.40. The van der Waals surface area contributed by atoms with Crippen LogP contribution in [0.15, 0.2) is 42.4 Å². The first kappa shape index (κ1) is 19.6. The summed E-state index contributed by atoms with van der Waals surface area (Å²) in [5.41, 5.74) is 9.03. The molecule has 0 spiro atoms. The maximum atomic E-state index is 13.8. The first-order chi connectivity index (χ1) is 12.6. The van der Waals surface area contributed by atoms with Crippen molar-refractivity contribution in [1.29, 1.82) is 0 Å². The molecule has 0 bridgehead atoms. The van der Waals surface area contributed by atoms with Crippen LogP contribution < -0.4 is 5.73 Å². The Morgan fingerprint density at radius 1 is 1.33 bits per heavy atom. The number of carbonyl (C=O) groups excluding carboxylic acids is 1. The third-order valence-corrected chi connectivity index (χ3v) is 5.15. The molecule has 2 N–H and O–H groups in total. The van der Waals surface area contributed by atoms with Crippen LogP contribution >= 0.6 is 12.4 Å². The molecular weight excluding hydrogens is 372 g/mol. The summed E-state index contributed by atoms with van der Waals surface area (Å²) in [5.74, 6) is -0.325. The van der Waals surface area contributed by atoms with Crippen LogP contribution in [0.1, 0.15) is 28.8 Å². The summed E-state index contributed by atoms with van der Waals surface area (Å²) in [7, 11) is 0. The van der Waals surface area contributed by atoms with Crippen LogP contribution in [-0.4, -0.2) is 34.5 Å².